The Hall–Kier alpha value is -2.21. The van der Waals surface area contributed by atoms with E-state index < -0.39 is 4.92 Å². The molecule has 0 spiro atoms. The van der Waals surface area contributed by atoms with Crippen molar-refractivity contribution in [1.29, 1.82) is 0 Å². The van der Waals surface area contributed by atoms with Crippen molar-refractivity contribution in [3.63, 3.8) is 0 Å². The highest BCUT2D eigenvalue weighted by atomic mass is 16.6. The summed E-state index contributed by atoms with van der Waals surface area (Å²) in [6, 6.07) is 6.94. The Morgan fingerprint density at radius 2 is 2.16 bits per heavy atom. The fraction of sp³-hybridized carbons (Fsp3) is 0.308. The van der Waals surface area contributed by atoms with Gasteiger partial charge in [-0.2, -0.15) is 0 Å². The van der Waals surface area contributed by atoms with Crippen molar-refractivity contribution in [3.8, 4) is 0 Å². The van der Waals surface area contributed by atoms with Crippen molar-refractivity contribution < 1.29 is 10.0 Å². The number of aliphatic hydroxyl groups is 1. The smallest absolute Gasteiger partial charge is 0.295 e. The average molecular weight is 259 g/mol. The summed E-state index contributed by atoms with van der Waals surface area (Å²) in [6.07, 6.45) is 2.74. The molecule has 6 nitrogen and oxygen atoms in total. The van der Waals surface area contributed by atoms with Crippen LogP contribution in [0.25, 0.3) is 10.9 Å². The summed E-state index contributed by atoms with van der Waals surface area (Å²) in [5, 5.41) is 24.3. The molecule has 6 heteroatoms. The lowest BCUT2D eigenvalue weighted by Crippen LogP contribution is -2.38. The van der Waals surface area contributed by atoms with Crippen LogP contribution >= 0.6 is 0 Å². The molecular weight excluding hydrogens is 246 g/mol. The van der Waals surface area contributed by atoms with Crippen molar-refractivity contribution in [2.24, 2.45) is 0 Å². The zero-order chi connectivity index (χ0) is 13.4. The second kappa shape index (κ2) is 4.47. The van der Waals surface area contributed by atoms with E-state index in [2.05, 4.69) is 10.3 Å². The van der Waals surface area contributed by atoms with Crippen molar-refractivity contribution in [1.82, 2.24) is 4.98 Å². The second-order valence-electron chi connectivity index (χ2n) is 4.76. The highest BCUT2D eigenvalue weighted by molar-refractivity contribution is 5.96. The van der Waals surface area contributed by atoms with E-state index in [9.17, 15) is 15.2 Å². The number of nitrogens with zero attached hydrogens (tertiary/aromatic N) is 2. The predicted octanol–water partition coefficient (Wildman–Crippen LogP) is 2.08. The lowest BCUT2D eigenvalue weighted by atomic mass is 9.89. The number of fused-ring (bicyclic) bond motifs is 1. The van der Waals surface area contributed by atoms with Gasteiger partial charge in [0.2, 0.25) is 0 Å². The maximum atomic E-state index is 11.0. The number of benzene rings is 1. The zero-order valence-electron chi connectivity index (χ0n) is 10.1. The van der Waals surface area contributed by atoms with Crippen LogP contribution in [0.2, 0.25) is 0 Å². The molecule has 2 aromatic rings. The first-order chi connectivity index (χ1) is 9.15. The van der Waals surface area contributed by atoms with Crippen LogP contribution in [-0.2, 0) is 0 Å². The van der Waals surface area contributed by atoms with Crippen LogP contribution in [0.1, 0.15) is 12.8 Å². The number of nitro benzene ring substituents is 1. The molecule has 0 unspecified atom stereocenters. The molecule has 0 amide bonds. The van der Waals surface area contributed by atoms with Gasteiger partial charge in [-0.15, -0.1) is 0 Å². The summed E-state index contributed by atoms with van der Waals surface area (Å²) in [7, 11) is 0. The average Bonchev–Trinajstić information content (AvgIpc) is 2.36. The van der Waals surface area contributed by atoms with E-state index in [4.69, 9.17) is 0 Å². The van der Waals surface area contributed by atoms with Crippen LogP contribution in [0.4, 0.5) is 11.4 Å². The number of aliphatic hydroxyl groups excluding tert-OH is 1. The van der Waals surface area contributed by atoms with Crippen molar-refractivity contribution in [2.45, 2.75) is 25.0 Å². The number of nitrogens with one attached hydrogen (secondary N) is 1. The molecule has 0 aliphatic heterocycles. The predicted molar refractivity (Wildman–Crippen MR) is 71.0 cm³/mol. The summed E-state index contributed by atoms with van der Waals surface area (Å²) in [6.45, 7) is 0. The Morgan fingerprint density at radius 1 is 1.37 bits per heavy atom. The summed E-state index contributed by atoms with van der Waals surface area (Å²) in [4.78, 5) is 14.6. The number of aromatic nitrogens is 1. The molecule has 1 saturated carbocycles. The quantitative estimate of drug-likeness (QED) is 0.650. The zero-order valence-corrected chi connectivity index (χ0v) is 10.1. The third kappa shape index (κ3) is 2.10. The summed E-state index contributed by atoms with van der Waals surface area (Å²) >= 11 is 0. The van der Waals surface area contributed by atoms with Crippen molar-refractivity contribution in [3.05, 3.63) is 40.6 Å². The molecule has 1 aromatic heterocycles. The van der Waals surface area contributed by atoms with Gasteiger partial charge in [-0.25, -0.2) is 4.98 Å². The molecule has 1 aromatic carbocycles. The Balaban J connectivity index is 2.01. The topological polar surface area (TPSA) is 88.3 Å². The van der Waals surface area contributed by atoms with Gasteiger partial charge in [-0.3, -0.25) is 10.1 Å². The Labute approximate surface area is 109 Å². The first kappa shape index (κ1) is 11.9. The second-order valence-corrected chi connectivity index (χ2v) is 4.76. The van der Waals surface area contributed by atoms with Gasteiger partial charge in [0.15, 0.2) is 0 Å². The van der Waals surface area contributed by atoms with Crippen molar-refractivity contribution >= 4 is 22.3 Å². The number of nitro groups is 1. The van der Waals surface area contributed by atoms with Gasteiger partial charge in [0.25, 0.3) is 5.69 Å². The fourth-order valence-electron chi connectivity index (χ4n) is 2.36. The molecule has 0 saturated heterocycles. The lowest BCUT2D eigenvalue weighted by molar-refractivity contribution is -0.383. The minimum atomic E-state index is -0.424. The van der Waals surface area contributed by atoms with E-state index in [1.54, 1.807) is 18.3 Å². The maximum Gasteiger partial charge on any atom is 0.295 e. The van der Waals surface area contributed by atoms with Gasteiger partial charge in [0, 0.05) is 29.4 Å². The minimum Gasteiger partial charge on any atom is -0.393 e. The Morgan fingerprint density at radius 3 is 2.84 bits per heavy atom. The SMILES string of the molecule is O=[N+]([O-])c1cccc2c(NC3CC(O)C3)ccnc12. The number of hydrogen-bond acceptors (Lipinski definition) is 5. The molecule has 1 aliphatic carbocycles. The number of anilines is 1. The number of para-hydroxylation sites is 1. The van der Waals surface area contributed by atoms with Gasteiger partial charge in [-0.1, -0.05) is 12.1 Å². The van der Waals surface area contributed by atoms with E-state index in [0.717, 1.165) is 11.1 Å². The standard InChI is InChI=1S/C13H13N3O3/c17-9-6-8(7-9)15-11-4-5-14-13-10(11)2-1-3-12(13)16(18)19/h1-5,8-9,17H,6-7H2,(H,14,15). The molecule has 2 N–H and O–H groups in total. The molecule has 0 radical (unpaired) electrons. The van der Waals surface area contributed by atoms with Crippen LogP contribution in [0.15, 0.2) is 30.5 Å². The van der Waals surface area contributed by atoms with Gasteiger partial charge >= 0.3 is 0 Å². The molecule has 3 rings (SSSR count). The van der Waals surface area contributed by atoms with Crippen molar-refractivity contribution in [2.75, 3.05) is 5.32 Å². The Bertz CT molecular complexity index is 638. The molecule has 1 fully saturated rings. The molecule has 0 atom stereocenters. The summed E-state index contributed by atoms with van der Waals surface area (Å²) in [5.41, 5.74) is 1.22. The number of pyridine rings is 1. The fourth-order valence-corrected chi connectivity index (χ4v) is 2.36. The molecule has 1 heterocycles. The van der Waals surface area contributed by atoms with Crippen LogP contribution in [0.5, 0.6) is 0 Å². The van der Waals surface area contributed by atoms with Crippen LogP contribution in [-0.4, -0.2) is 27.2 Å². The monoisotopic (exact) mass is 259 g/mol. The van der Waals surface area contributed by atoms with Gasteiger partial charge < -0.3 is 10.4 Å². The first-order valence-corrected chi connectivity index (χ1v) is 6.12. The van der Waals surface area contributed by atoms with E-state index in [0.29, 0.717) is 18.4 Å². The minimum absolute atomic E-state index is 0.00907. The van der Waals surface area contributed by atoms with E-state index in [-0.39, 0.29) is 17.8 Å². The van der Waals surface area contributed by atoms with E-state index in [1.807, 2.05) is 6.07 Å². The third-order valence-corrected chi connectivity index (χ3v) is 3.42. The highest BCUT2D eigenvalue weighted by Crippen LogP contribution is 2.31. The van der Waals surface area contributed by atoms with Gasteiger partial charge in [-0.05, 0) is 18.9 Å². The Kier molecular flexibility index (Phi) is 2.79. The first-order valence-electron chi connectivity index (χ1n) is 6.12. The molecule has 1 aliphatic rings. The maximum absolute atomic E-state index is 11.0. The molecule has 98 valence electrons. The lowest BCUT2D eigenvalue weighted by Gasteiger charge is -2.33. The van der Waals surface area contributed by atoms with Gasteiger partial charge in [0.05, 0.1) is 11.0 Å². The number of non-ortho nitro benzene ring substituents is 1. The normalized spacial score (nSPS) is 21.9. The largest absolute Gasteiger partial charge is 0.393 e. The molecular formula is C13H13N3O3. The summed E-state index contributed by atoms with van der Waals surface area (Å²) < 4.78 is 0. The van der Waals surface area contributed by atoms with E-state index >= 15 is 0 Å². The van der Waals surface area contributed by atoms with Crippen LogP contribution in [0, 0.1) is 10.1 Å². The summed E-state index contributed by atoms with van der Waals surface area (Å²) in [5.74, 6) is 0. The van der Waals surface area contributed by atoms with Crippen LogP contribution in [0.3, 0.4) is 0 Å². The molecule has 0 bridgehead atoms. The van der Waals surface area contributed by atoms with Crippen LogP contribution < -0.4 is 5.32 Å². The third-order valence-electron chi connectivity index (χ3n) is 3.42. The number of rotatable bonds is 3. The van der Waals surface area contributed by atoms with E-state index in [1.165, 1.54) is 6.07 Å². The highest BCUT2D eigenvalue weighted by Gasteiger charge is 2.27. The number of hydrogen-bond donors (Lipinski definition) is 2. The molecule has 19 heavy (non-hydrogen) atoms. The van der Waals surface area contributed by atoms with Gasteiger partial charge in [0.1, 0.15) is 5.52 Å².